The third-order valence-corrected chi connectivity index (χ3v) is 29.3. The fourth-order valence-electron chi connectivity index (χ4n) is 23.3. The van der Waals surface area contributed by atoms with E-state index in [0.29, 0.717) is 5.95 Å². The van der Waals surface area contributed by atoms with Crippen molar-refractivity contribution >= 4 is 229 Å². The molecule has 11 nitrogen and oxygen atoms in total. The van der Waals surface area contributed by atoms with Crippen molar-refractivity contribution in [3.05, 3.63) is 473 Å². The van der Waals surface area contributed by atoms with Gasteiger partial charge in [0.05, 0.1) is 83.1 Å². The molecule has 32 rings (SSSR count). The van der Waals surface area contributed by atoms with Crippen molar-refractivity contribution in [2.75, 3.05) is 0 Å². The van der Waals surface area contributed by atoms with E-state index in [-0.39, 0.29) is 0 Å². The first kappa shape index (κ1) is 78.2. The van der Waals surface area contributed by atoms with Crippen LogP contribution in [0.5, 0.6) is 0 Å². The minimum absolute atomic E-state index is 0.647. The Balaban J connectivity index is 0.0000000993. The SMILES string of the molecule is c1ccc(-c2cccc(-n3c4cc5c(cc4c4c6c(ccc43)oc3ccccc36)c3ccccc3n5-c3ccccc3)c2)cc1.c1ccc(-c2nc(-n3c4ccccc4c4cc5c6c7c(ccc6n(-c6ccccc6)c5cc43)oc3ccccc37)nc3ccccc23)cc1.c1ccc(-n2c3cc4c(cc3c3c5c(ccc32)oc2ccccc25)c2ccccc2n4-c2cc3ccccc3c3ccccc23)cc1. The lowest BCUT2D eigenvalue weighted by Crippen LogP contribution is -2.03. The standard InChI is InChI=1S/C44H26N4O.C44H26N2O.C42H26N2O/c1-3-13-27(14-4-1)43-30-18-7-10-20-34(30)45-44(46-43)48-35-21-11-8-17-29(35)32-25-33-38(26-37(32)48)47(28-15-5-2-6-16-28)36-23-24-40-42(41(33)36)31-19-9-12-22-39(31)49-40;1-2-13-28(14-3-1)45-37-22-23-42-44(33-19-9-11-21-41(33)47-42)43(37)35-25-34-32-18-8-10-20-36(32)46(39(34)26-40(35)45)38-24-27-12-4-5-15-29(27)30-16-6-7-17-31(30)38;1-3-12-27(13-4-1)28-14-11-17-30(24-28)44-36-22-23-40-42(32-19-8-10-21-39(32)45-40)41(36)34-25-33-31-18-7-9-20-35(31)43(37(33)26-38(34)44)29-15-5-2-6-16-29/h1-26H;1-26H;1-26H. The Hall–Kier alpha value is -19.1. The van der Waals surface area contributed by atoms with Crippen LogP contribution in [0.1, 0.15) is 0 Å². The Morgan fingerprint density at radius 2 is 0.489 bits per heavy atom. The maximum absolute atomic E-state index is 6.41. The van der Waals surface area contributed by atoms with E-state index >= 15 is 0 Å². The smallest absolute Gasteiger partial charge is 0.235 e. The zero-order chi connectivity index (χ0) is 92.2. The van der Waals surface area contributed by atoms with Crippen LogP contribution < -0.4 is 0 Å². The molecule has 0 fully saturated rings. The van der Waals surface area contributed by atoms with Crippen LogP contribution in [-0.4, -0.2) is 37.4 Å². The number of rotatable bonds is 8. The molecular formula is C130H78N8O3. The first-order valence-corrected chi connectivity index (χ1v) is 48.0. The zero-order valence-electron chi connectivity index (χ0n) is 75.8. The predicted molar refractivity (Wildman–Crippen MR) is 586 cm³/mol. The summed E-state index contributed by atoms with van der Waals surface area (Å²) < 4.78 is 33.6. The van der Waals surface area contributed by atoms with Crippen molar-refractivity contribution in [2.24, 2.45) is 0 Å². The highest BCUT2D eigenvalue weighted by Crippen LogP contribution is 2.51. The molecule has 0 amide bonds. The molecule has 0 saturated heterocycles. The number of furan rings is 3. The van der Waals surface area contributed by atoms with Gasteiger partial charge in [0.1, 0.15) is 33.5 Å². The van der Waals surface area contributed by atoms with Crippen molar-refractivity contribution in [3.63, 3.8) is 0 Å². The largest absolute Gasteiger partial charge is 0.456 e. The molecule has 0 atom stereocenters. The summed E-state index contributed by atoms with van der Waals surface area (Å²) in [5.74, 6) is 0.647. The maximum atomic E-state index is 6.41. The average molecular weight is 1800 g/mol. The van der Waals surface area contributed by atoms with Gasteiger partial charge in [-0.2, -0.15) is 0 Å². The zero-order valence-corrected chi connectivity index (χ0v) is 75.8. The lowest BCUT2D eigenvalue weighted by molar-refractivity contribution is 0.669. The lowest BCUT2D eigenvalue weighted by Gasteiger charge is -2.14. The Bertz CT molecular complexity index is 10900. The first-order valence-electron chi connectivity index (χ1n) is 48.0. The van der Waals surface area contributed by atoms with Crippen molar-refractivity contribution < 1.29 is 13.3 Å². The van der Waals surface area contributed by atoms with Gasteiger partial charge in [-0.15, -0.1) is 0 Å². The van der Waals surface area contributed by atoms with Crippen molar-refractivity contribution in [1.29, 1.82) is 0 Å². The van der Waals surface area contributed by atoms with Crippen molar-refractivity contribution in [1.82, 2.24) is 37.4 Å². The van der Waals surface area contributed by atoms with E-state index in [1.807, 2.05) is 30.3 Å². The molecule has 0 radical (unpaired) electrons. The molecule has 10 aromatic heterocycles. The quantitative estimate of drug-likeness (QED) is 0.141. The summed E-state index contributed by atoms with van der Waals surface area (Å²) in [6.07, 6.45) is 0. The van der Waals surface area contributed by atoms with Crippen LogP contribution in [0, 0.1) is 0 Å². The molecule has 0 aliphatic heterocycles. The summed E-state index contributed by atoms with van der Waals surface area (Å²) in [6.45, 7) is 0. The van der Waals surface area contributed by atoms with Crippen molar-refractivity contribution in [3.8, 4) is 56.8 Å². The van der Waals surface area contributed by atoms with E-state index in [0.717, 1.165) is 144 Å². The minimum Gasteiger partial charge on any atom is -0.456 e. The molecule has 0 saturated carbocycles. The molecule has 22 aromatic carbocycles. The van der Waals surface area contributed by atoms with Gasteiger partial charge in [-0.05, 0) is 197 Å². The molecule has 0 aliphatic carbocycles. The van der Waals surface area contributed by atoms with E-state index in [2.05, 4.69) is 470 Å². The Labute approximate surface area is 804 Å². The van der Waals surface area contributed by atoms with Gasteiger partial charge >= 0.3 is 0 Å². The van der Waals surface area contributed by atoms with Crippen LogP contribution in [0.15, 0.2) is 486 Å². The van der Waals surface area contributed by atoms with Gasteiger partial charge in [-0.3, -0.25) is 4.57 Å². The van der Waals surface area contributed by atoms with Crippen LogP contribution in [0.2, 0.25) is 0 Å². The van der Waals surface area contributed by atoms with Crippen LogP contribution in [0.4, 0.5) is 0 Å². The second-order valence-electron chi connectivity index (χ2n) is 36.9. The highest BCUT2D eigenvalue weighted by Gasteiger charge is 2.29. The highest BCUT2D eigenvalue weighted by molar-refractivity contribution is 6.34. The normalized spacial score (nSPS) is 12.1. The van der Waals surface area contributed by atoms with E-state index in [4.69, 9.17) is 23.2 Å². The Kier molecular flexibility index (Phi) is 17.0. The van der Waals surface area contributed by atoms with E-state index in [1.165, 1.54) is 136 Å². The van der Waals surface area contributed by atoms with E-state index in [9.17, 15) is 0 Å². The monoisotopic (exact) mass is 1800 g/mol. The van der Waals surface area contributed by atoms with Crippen LogP contribution >= 0.6 is 0 Å². The molecule has 11 heteroatoms. The summed E-state index contributed by atoms with van der Waals surface area (Å²) in [7, 11) is 0. The van der Waals surface area contributed by atoms with Crippen LogP contribution in [0.25, 0.3) is 286 Å². The number of aromatic nitrogens is 8. The first-order chi connectivity index (χ1) is 70.0. The maximum Gasteiger partial charge on any atom is 0.235 e. The van der Waals surface area contributed by atoms with Gasteiger partial charge in [0.15, 0.2) is 0 Å². The van der Waals surface area contributed by atoms with E-state index in [1.54, 1.807) is 0 Å². The number of hydrogen-bond donors (Lipinski definition) is 0. The topological polar surface area (TPSA) is 94.8 Å². The van der Waals surface area contributed by atoms with Gasteiger partial charge < -0.3 is 36.1 Å². The highest BCUT2D eigenvalue weighted by atomic mass is 16.3. The summed E-state index contributed by atoms with van der Waals surface area (Å²) in [6, 6.07) is 169. The molecule has 10 heterocycles. The second-order valence-corrected chi connectivity index (χ2v) is 36.9. The molecular weight excluding hydrogens is 1720 g/mol. The van der Waals surface area contributed by atoms with Gasteiger partial charge in [0, 0.05) is 136 Å². The number of hydrogen-bond acceptors (Lipinski definition) is 5. The number of para-hydroxylation sites is 10. The van der Waals surface area contributed by atoms with Gasteiger partial charge in [0.2, 0.25) is 5.95 Å². The Morgan fingerprint density at radius 3 is 0.972 bits per heavy atom. The molecule has 0 N–H and O–H groups in total. The average Bonchev–Trinajstić information content (AvgIpc) is 1.54. The molecule has 0 spiro atoms. The molecule has 0 unspecified atom stereocenters. The van der Waals surface area contributed by atoms with Gasteiger partial charge in [-0.25, -0.2) is 9.97 Å². The van der Waals surface area contributed by atoms with Crippen molar-refractivity contribution in [2.45, 2.75) is 0 Å². The summed E-state index contributed by atoms with van der Waals surface area (Å²) in [4.78, 5) is 10.5. The summed E-state index contributed by atoms with van der Waals surface area (Å²) in [5, 5.41) is 27.4. The molecule has 141 heavy (non-hydrogen) atoms. The third-order valence-electron chi connectivity index (χ3n) is 29.3. The van der Waals surface area contributed by atoms with Gasteiger partial charge in [-0.1, -0.05) is 303 Å². The third kappa shape index (κ3) is 11.8. The Morgan fingerprint density at radius 1 is 0.156 bits per heavy atom. The number of benzene rings is 22. The fraction of sp³-hybridized carbons (Fsp3) is 0. The second kappa shape index (κ2) is 30.7. The molecule has 0 aliphatic rings. The fourth-order valence-corrected chi connectivity index (χ4v) is 23.3. The number of fused-ring (bicyclic) bond motifs is 34. The minimum atomic E-state index is 0.647. The van der Waals surface area contributed by atoms with Crippen LogP contribution in [0.3, 0.4) is 0 Å². The predicted octanol–water partition coefficient (Wildman–Crippen LogP) is 34.9. The lowest BCUT2D eigenvalue weighted by atomic mass is 10.00. The van der Waals surface area contributed by atoms with Gasteiger partial charge in [0.25, 0.3) is 0 Å². The number of nitrogens with zero attached hydrogens (tertiary/aromatic N) is 8. The molecule has 656 valence electrons. The summed E-state index contributed by atoms with van der Waals surface area (Å²) in [5.41, 5.74) is 30.2. The molecule has 32 aromatic rings. The summed E-state index contributed by atoms with van der Waals surface area (Å²) >= 11 is 0. The van der Waals surface area contributed by atoms with E-state index < -0.39 is 0 Å². The van der Waals surface area contributed by atoms with Crippen LogP contribution in [-0.2, 0) is 0 Å². The molecule has 0 bridgehead atoms.